The summed E-state index contributed by atoms with van der Waals surface area (Å²) < 4.78 is 14.0. The molecule has 1 amide bonds. The van der Waals surface area contributed by atoms with Crippen LogP contribution in [0.3, 0.4) is 0 Å². The van der Waals surface area contributed by atoms with Crippen molar-refractivity contribution in [3.8, 4) is 0 Å². The van der Waals surface area contributed by atoms with Crippen LogP contribution in [-0.2, 0) is 4.79 Å². The number of piperazine rings is 2. The Hall–Kier alpha value is -2.09. The Morgan fingerprint density at radius 1 is 0.967 bits per heavy atom. The number of halogens is 3. The number of anilines is 2. The van der Waals surface area contributed by atoms with Gasteiger partial charge in [-0.15, -0.1) is 0 Å². The van der Waals surface area contributed by atoms with E-state index in [2.05, 4.69) is 14.8 Å². The highest BCUT2D eigenvalue weighted by Gasteiger charge is 2.26. The van der Waals surface area contributed by atoms with Gasteiger partial charge in [0.05, 0.1) is 22.3 Å². The summed E-state index contributed by atoms with van der Waals surface area (Å²) in [5.74, 6) is 0.640. The molecule has 2 saturated heterocycles. The van der Waals surface area contributed by atoms with E-state index in [4.69, 9.17) is 23.2 Å². The lowest BCUT2D eigenvalue weighted by atomic mass is 10.2. The second kappa shape index (κ2) is 9.37. The first-order chi connectivity index (χ1) is 14.5. The van der Waals surface area contributed by atoms with E-state index >= 15 is 0 Å². The molecule has 2 fully saturated rings. The van der Waals surface area contributed by atoms with Crippen molar-refractivity contribution in [2.45, 2.75) is 0 Å². The molecule has 0 aliphatic carbocycles. The van der Waals surface area contributed by atoms with Gasteiger partial charge in [0.15, 0.2) is 0 Å². The summed E-state index contributed by atoms with van der Waals surface area (Å²) in [6.07, 6.45) is 1.60. The number of benzene rings is 1. The molecule has 9 heteroatoms. The van der Waals surface area contributed by atoms with Crippen LogP contribution in [0.1, 0.15) is 0 Å². The number of carbonyl (C=O) groups is 1. The molecule has 0 spiro atoms. The number of rotatable bonds is 4. The summed E-state index contributed by atoms with van der Waals surface area (Å²) in [5, 5.41) is 1.06. The van der Waals surface area contributed by atoms with Crippen LogP contribution in [-0.4, -0.2) is 79.6 Å². The highest BCUT2D eigenvalue weighted by atomic mass is 35.5. The third kappa shape index (κ3) is 4.79. The normalized spacial score (nSPS) is 18.0. The Kier molecular flexibility index (Phi) is 6.61. The van der Waals surface area contributed by atoms with Gasteiger partial charge >= 0.3 is 0 Å². The Morgan fingerprint density at radius 2 is 1.63 bits per heavy atom. The molecule has 4 rings (SSSR count). The number of amides is 1. The molecule has 2 aliphatic heterocycles. The zero-order valence-electron chi connectivity index (χ0n) is 16.6. The van der Waals surface area contributed by atoms with E-state index in [9.17, 15) is 9.18 Å². The quantitative estimate of drug-likeness (QED) is 0.714. The molecule has 1 aromatic heterocycles. The Bertz CT molecular complexity index is 899. The summed E-state index contributed by atoms with van der Waals surface area (Å²) in [4.78, 5) is 25.2. The highest BCUT2D eigenvalue weighted by molar-refractivity contribution is 6.36. The SMILES string of the molecule is O=C(CN1CCN(c2ncc(Cl)cc2Cl)CC1)N1CCN(c2ccccc2F)CC1. The van der Waals surface area contributed by atoms with Gasteiger partial charge in [-0.25, -0.2) is 9.37 Å². The summed E-state index contributed by atoms with van der Waals surface area (Å²) in [7, 11) is 0. The van der Waals surface area contributed by atoms with Crippen molar-refractivity contribution in [2.24, 2.45) is 0 Å². The van der Waals surface area contributed by atoms with E-state index in [0.29, 0.717) is 48.5 Å². The van der Waals surface area contributed by atoms with E-state index in [1.807, 2.05) is 15.9 Å². The van der Waals surface area contributed by atoms with Crippen molar-refractivity contribution < 1.29 is 9.18 Å². The van der Waals surface area contributed by atoms with E-state index in [1.165, 1.54) is 6.07 Å². The van der Waals surface area contributed by atoms with Crippen LogP contribution in [0.15, 0.2) is 36.5 Å². The number of para-hydroxylation sites is 1. The summed E-state index contributed by atoms with van der Waals surface area (Å²) in [6, 6.07) is 8.48. The first kappa shape index (κ1) is 21.2. The molecule has 0 unspecified atom stereocenters. The van der Waals surface area contributed by atoms with Crippen molar-refractivity contribution in [1.29, 1.82) is 0 Å². The molecular formula is C21H24Cl2FN5O. The van der Waals surface area contributed by atoms with Crippen LogP contribution in [0, 0.1) is 5.82 Å². The molecule has 6 nitrogen and oxygen atoms in total. The summed E-state index contributed by atoms with van der Waals surface area (Å²) >= 11 is 12.2. The zero-order chi connectivity index (χ0) is 21.1. The Balaban J connectivity index is 1.25. The van der Waals surface area contributed by atoms with Crippen LogP contribution < -0.4 is 9.80 Å². The fourth-order valence-electron chi connectivity index (χ4n) is 3.95. The maximum atomic E-state index is 14.0. The van der Waals surface area contributed by atoms with E-state index < -0.39 is 0 Å². The van der Waals surface area contributed by atoms with Crippen molar-refractivity contribution in [3.05, 3.63) is 52.4 Å². The molecular weight excluding hydrogens is 428 g/mol. The topological polar surface area (TPSA) is 42.9 Å². The van der Waals surface area contributed by atoms with Gasteiger partial charge in [0.25, 0.3) is 0 Å². The van der Waals surface area contributed by atoms with Crippen LogP contribution in [0.25, 0.3) is 0 Å². The predicted octanol–water partition coefficient (Wildman–Crippen LogP) is 3.00. The van der Waals surface area contributed by atoms with Gasteiger partial charge in [-0.2, -0.15) is 0 Å². The third-order valence-corrected chi connectivity index (χ3v) is 6.13. The Morgan fingerprint density at radius 3 is 2.30 bits per heavy atom. The fraction of sp³-hybridized carbons (Fsp3) is 0.429. The molecule has 0 saturated carbocycles. The molecule has 0 bridgehead atoms. The van der Waals surface area contributed by atoms with Crippen LogP contribution in [0.4, 0.5) is 15.9 Å². The number of hydrogen-bond donors (Lipinski definition) is 0. The van der Waals surface area contributed by atoms with Crippen LogP contribution in [0.2, 0.25) is 10.0 Å². The van der Waals surface area contributed by atoms with Gasteiger partial charge in [-0.1, -0.05) is 35.3 Å². The number of carbonyl (C=O) groups excluding carboxylic acids is 1. The van der Waals surface area contributed by atoms with Crippen molar-refractivity contribution in [1.82, 2.24) is 14.8 Å². The van der Waals surface area contributed by atoms with Gasteiger partial charge in [0.2, 0.25) is 5.91 Å². The van der Waals surface area contributed by atoms with Gasteiger partial charge < -0.3 is 14.7 Å². The highest BCUT2D eigenvalue weighted by Crippen LogP contribution is 2.27. The monoisotopic (exact) mass is 451 g/mol. The maximum absolute atomic E-state index is 14.0. The predicted molar refractivity (Wildman–Crippen MR) is 118 cm³/mol. The second-order valence-corrected chi connectivity index (χ2v) is 8.39. The molecule has 30 heavy (non-hydrogen) atoms. The lowest BCUT2D eigenvalue weighted by molar-refractivity contribution is -0.132. The average Bonchev–Trinajstić information content (AvgIpc) is 2.75. The lowest BCUT2D eigenvalue weighted by Crippen LogP contribution is -2.54. The van der Waals surface area contributed by atoms with E-state index in [-0.39, 0.29) is 11.7 Å². The third-order valence-electron chi connectivity index (χ3n) is 5.64. The molecule has 0 radical (unpaired) electrons. The lowest BCUT2D eigenvalue weighted by Gasteiger charge is -2.39. The number of hydrogen-bond acceptors (Lipinski definition) is 5. The number of aromatic nitrogens is 1. The maximum Gasteiger partial charge on any atom is 0.236 e. The molecule has 0 N–H and O–H groups in total. The second-order valence-electron chi connectivity index (χ2n) is 7.54. The zero-order valence-corrected chi connectivity index (χ0v) is 18.1. The van der Waals surface area contributed by atoms with E-state index in [1.54, 1.807) is 24.4 Å². The molecule has 3 heterocycles. The van der Waals surface area contributed by atoms with Crippen molar-refractivity contribution in [2.75, 3.05) is 68.7 Å². The minimum absolute atomic E-state index is 0.124. The summed E-state index contributed by atoms with van der Waals surface area (Å²) in [6.45, 7) is 5.93. The van der Waals surface area contributed by atoms with Gasteiger partial charge in [-0.05, 0) is 18.2 Å². The molecule has 160 valence electrons. The first-order valence-corrected chi connectivity index (χ1v) is 10.8. The standard InChI is InChI=1S/C21H24Cl2FN5O/c22-16-13-17(23)21(25-14-16)29-7-5-26(6-8-29)15-20(30)28-11-9-27(10-12-28)19-4-2-1-3-18(19)24/h1-4,13-14H,5-12,15H2. The Labute approximate surface area is 185 Å². The number of nitrogens with zero attached hydrogens (tertiary/aromatic N) is 5. The molecule has 2 aliphatic rings. The van der Waals surface area contributed by atoms with Crippen LogP contribution in [0.5, 0.6) is 0 Å². The summed E-state index contributed by atoms with van der Waals surface area (Å²) in [5.41, 5.74) is 0.607. The molecule has 0 atom stereocenters. The molecule has 1 aromatic carbocycles. The first-order valence-electron chi connectivity index (χ1n) is 10.1. The van der Waals surface area contributed by atoms with Gasteiger partial charge in [-0.3, -0.25) is 9.69 Å². The minimum atomic E-state index is -0.217. The van der Waals surface area contributed by atoms with Crippen LogP contribution >= 0.6 is 23.2 Å². The van der Waals surface area contributed by atoms with Gasteiger partial charge in [0.1, 0.15) is 11.6 Å². The van der Waals surface area contributed by atoms with Gasteiger partial charge in [0, 0.05) is 58.6 Å². The van der Waals surface area contributed by atoms with Crippen molar-refractivity contribution in [3.63, 3.8) is 0 Å². The molecule has 2 aromatic rings. The minimum Gasteiger partial charge on any atom is -0.366 e. The van der Waals surface area contributed by atoms with Crippen molar-refractivity contribution >= 4 is 40.6 Å². The average molecular weight is 452 g/mol. The number of pyridine rings is 1. The van der Waals surface area contributed by atoms with E-state index in [0.717, 1.165) is 32.0 Å². The smallest absolute Gasteiger partial charge is 0.236 e. The fourth-order valence-corrected chi connectivity index (χ4v) is 4.45. The largest absolute Gasteiger partial charge is 0.366 e.